The molecule has 0 aliphatic carbocycles. The van der Waals surface area contributed by atoms with Gasteiger partial charge in [-0.3, -0.25) is 4.79 Å². The fourth-order valence-electron chi connectivity index (χ4n) is 1.76. The molecule has 0 radical (unpaired) electrons. The van der Waals surface area contributed by atoms with Crippen molar-refractivity contribution >= 4 is 5.91 Å². The first kappa shape index (κ1) is 15.2. The second kappa shape index (κ2) is 7.57. The van der Waals surface area contributed by atoms with Crippen LogP contribution in [0, 0.1) is 18.8 Å². The molecule has 0 saturated carbocycles. The third-order valence-electron chi connectivity index (χ3n) is 2.70. The Morgan fingerprint density at radius 3 is 2.89 bits per heavy atom. The maximum atomic E-state index is 12.1. The van der Waals surface area contributed by atoms with Gasteiger partial charge in [0.1, 0.15) is 0 Å². The lowest BCUT2D eigenvalue weighted by Crippen LogP contribution is -2.36. The van der Waals surface area contributed by atoms with Crippen LogP contribution in [-0.2, 0) is 4.74 Å². The van der Waals surface area contributed by atoms with Gasteiger partial charge in [0.2, 0.25) is 0 Å². The van der Waals surface area contributed by atoms with Crippen molar-refractivity contribution < 1.29 is 9.53 Å². The third kappa shape index (κ3) is 4.40. The summed E-state index contributed by atoms with van der Waals surface area (Å²) in [7, 11) is 1.61. The average molecular weight is 260 g/mol. The lowest BCUT2D eigenvalue weighted by atomic mass is 10.0. The van der Waals surface area contributed by atoms with Gasteiger partial charge in [-0.25, -0.2) is 0 Å². The maximum absolute atomic E-state index is 12.1. The molecule has 19 heavy (non-hydrogen) atoms. The number of methoxy groups -OCH3 is 1. The van der Waals surface area contributed by atoms with Gasteiger partial charge in [0, 0.05) is 24.3 Å². The largest absolute Gasteiger partial charge is 0.383 e. The third-order valence-corrected chi connectivity index (χ3v) is 2.70. The smallest absolute Gasteiger partial charge is 0.251 e. The first-order chi connectivity index (χ1) is 9.10. The van der Waals surface area contributed by atoms with Crippen LogP contribution in [0.5, 0.6) is 0 Å². The van der Waals surface area contributed by atoms with Gasteiger partial charge in [-0.1, -0.05) is 17.9 Å². The summed E-state index contributed by atoms with van der Waals surface area (Å²) in [6.07, 6.45) is 0. The van der Waals surface area contributed by atoms with Crippen LogP contribution in [0.25, 0.3) is 0 Å². The Balaban J connectivity index is 2.92. The van der Waals surface area contributed by atoms with Crippen LogP contribution in [0.15, 0.2) is 18.2 Å². The van der Waals surface area contributed by atoms with Gasteiger partial charge in [-0.05, 0) is 31.5 Å². The number of hydrogen-bond acceptors (Lipinski definition) is 3. The van der Waals surface area contributed by atoms with Crippen LogP contribution in [0.2, 0.25) is 0 Å². The second-order valence-corrected chi connectivity index (χ2v) is 4.31. The monoisotopic (exact) mass is 260 g/mol. The van der Waals surface area contributed by atoms with Gasteiger partial charge in [-0.2, -0.15) is 0 Å². The van der Waals surface area contributed by atoms with Crippen molar-refractivity contribution in [2.75, 3.05) is 20.3 Å². The number of hydrogen-bond donors (Lipinski definition) is 2. The minimum absolute atomic E-state index is 0.0318. The fraction of sp³-hybridized carbons (Fsp3) is 0.400. The Labute approximate surface area is 114 Å². The first-order valence-electron chi connectivity index (χ1n) is 6.18. The lowest BCUT2D eigenvalue weighted by molar-refractivity contribution is 0.0905. The minimum atomic E-state index is -0.113. The van der Waals surface area contributed by atoms with E-state index in [0.717, 1.165) is 11.1 Å². The van der Waals surface area contributed by atoms with Crippen molar-refractivity contribution in [2.45, 2.75) is 19.9 Å². The Hall–Kier alpha value is -1.83. The molecule has 1 aromatic carbocycles. The molecule has 3 N–H and O–H groups in total. The standard InChI is InChI=1S/C15H20N2O2/c1-11(10-19-3)17-15(18)14-8-4-6-13(12(14)2)7-5-9-16/h4,6,8,11H,9-10,16H2,1-3H3,(H,17,18). The zero-order chi connectivity index (χ0) is 14.3. The van der Waals surface area contributed by atoms with Crippen molar-refractivity contribution in [3.63, 3.8) is 0 Å². The number of nitrogens with one attached hydrogen (secondary N) is 1. The molecule has 0 aliphatic rings. The molecule has 102 valence electrons. The molecule has 0 bridgehead atoms. The van der Waals surface area contributed by atoms with Crippen molar-refractivity contribution in [2.24, 2.45) is 5.73 Å². The van der Waals surface area contributed by atoms with E-state index in [0.29, 0.717) is 18.7 Å². The highest BCUT2D eigenvalue weighted by atomic mass is 16.5. The Kier molecular flexibility index (Phi) is 6.07. The van der Waals surface area contributed by atoms with Crippen LogP contribution >= 0.6 is 0 Å². The van der Waals surface area contributed by atoms with Crippen LogP contribution < -0.4 is 11.1 Å². The number of rotatable bonds is 4. The van der Waals surface area contributed by atoms with Crippen LogP contribution in [0.3, 0.4) is 0 Å². The summed E-state index contributed by atoms with van der Waals surface area (Å²) in [4.78, 5) is 12.1. The van der Waals surface area contributed by atoms with Crippen LogP contribution in [-0.4, -0.2) is 32.2 Å². The summed E-state index contributed by atoms with van der Waals surface area (Å²) in [5.41, 5.74) is 7.69. The quantitative estimate of drug-likeness (QED) is 0.796. The van der Waals surface area contributed by atoms with E-state index < -0.39 is 0 Å². The zero-order valence-corrected chi connectivity index (χ0v) is 11.6. The van der Waals surface area contributed by atoms with Crippen molar-refractivity contribution in [1.82, 2.24) is 5.32 Å². The average Bonchev–Trinajstić information content (AvgIpc) is 2.37. The number of carbonyl (C=O) groups excluding carboxylic acids is 1. The molecular formula is C15H20N2O2. The summed E-state index contributed by atoms with van der Waals surface area (Å²) in [6.45, 7) is 4.57. The number of amides is 1. The van der Waals surface area contributed by atoms with E-state index in [1.165, 1.54) is 0 Å². The zero-order valence-electron chi connectivity index (χ0n) is 11.6. The second-order valence-electron chi connectivity index (χ2n) is 4.31. The molecular weight excluding hydrogens is 240 g/mol. The van der Waals surface area contributed by atoms with Gasteiger partial charge >= 0.3 is 0 Å². The summed E-state index contributed by atoms with van der Waals surface area (Å²) >= 11 is 0. The number of nitrogens with two attached hydrogens (primary N) is 1. The highest BCUT2D eigenvalue weighted by molar-refractivity contribution is 5.96. The molecule has 0 heterocycles. The number of ether oxygens (including phenoxy) is 1. The number of benzene rings is 1. The molecule has 1 rings (SSSR count). The van der Waals surface area contributed by atoms with Gasteiger partial charge in [-0.15, -0.1) is 0 Å². The highest BCUT2D eigenvalue weighted by Gasteiger charge is 2.13. The summed E-state index contributed by atoms with van der Waals surface area (Å²) in [6, 6.07) is 5.46. The maximum Gasteiger partial charge on any atom is 0.251 e. The summed E-state index contributed by atoms with van der Waals surface area (Å²) < 4.78 is 5.00. The predicted octanol–water partition coefficient (Wildman–Crippen LogP) is 1.07. The summed E-state index contributed by atoms with van der Waals surface area (Å²) in [5, 5.41) is 2.88. The first-order valence-corrected chi connectivity index (χ1v) is 6.18. The van der Waals surface area contributed by atoms with Crippen molar-refractivity contribution in [3.05, 3.63) is 34.9 Å². The fourth-order valence-corrected chi connectivity index (χ4v) is 1.76. The minimum Gasteiger partial charge on any atom is -0.383 e. The molecule has 0 spiro atoms. The van der Waals surface area contributed by atoms with E-state index in [1.807, 2.05) is 26.0 Å². The van der Waals surface area contributed by atoms with E-state index in [4.69, 9.17) is 10.5 Å². The van der Waals surface area contributed by atoms with E-state index in [9.17, 15) is 4.79 Å². The Bertz CT molecular complexity index is 501. The molecule has 4 nitrogen and oxygen atoms in total. The molecule has 0 saturated heterocycles. The van der Waals surface area contributed by atoms with E-state index in [-0.39, 0.29) is 11.9 Å². The number of carbonyl (C=O) groups is 1. The molecule has 4 heteroatoms. The van der Waals surface area contributed by atoms with E-state index >= 15 is 0 Å². The van der Waals surface area contributed by atoms with E-state index in [2.05, 4.69) is 17.2 Å². The van der Waals surface area contributed by atoms with Gasteiger partial charge < -0.3 is 15.8 Å². The van der Waals surface area contributed by atoms with Gasteiger partial charge in [0.05, 0.1) is 13.2 Å². The van der Waals surface area contributed by atoms with Crippen LogP contribution in [0.1, 0.15) is 28.4 Å². The topological polar surface area (TPSA) is 64.3 Å². The molecule has 1 aromatic rings. The van der Waals surface area contributed by atoms with Gasteiger partial charge in [0.25, 0.3) is 5.91 Å². The van der Waals surface area contributed by atoms with Crippen molar-refractivity contribution in [1.29, 1.82) is 0 Å². The Morgan fingerprint density at radius 2 is 2.26 bits per heavy atom. The molecule has 0 fully saturated rings. The van der Waals surface area contributed by atoms with Gasteiger partial charge in [0.15, 0.2) is 0 Å². The van der Waals surface area contributed by atoms with E-state index in [1.54, 1.807) is 13.2 Å². The molecule has 0 aromatic heterocycles. The molecule has 1 amide bonds. The molecule has 0 aliphatic heterocycles. The molecule has 1 atom stereocenters. The predicted molar refractivity (Wildman–Crippen MR) is 75.9 cm³/mol. The van der Waals surface area contributed by atoms with Crippen LogP contribution in [0.4, 0.5) is 0 Å². The summed E-state index contributed by atoms with van der Waals surface area (Å²) in [5.74, 6) is 5.65. The van der Waals surface area contributed by atoms with Crippen molar-refractivity contribution in [3.8, 4) is 11.8 Å². The molecule has 1 unspecified atom stereocenters. The highest BCUT2D eigenvalue weighted by Crippen LogP contribution is 2.13. The normalized spacial score (nSPS) is 11.4. The Morgan fingerprint density at radius 1 is 1.53 bits per heavy atom. The lowest BCUT2D eigenvalue weighted by Gasteiger charge is -2.14. The SMILES string of the molecule is COCC(C)NC(=O)c1cccc(C#CCN)c1C.